The Labute approximate surface area is 222 Å². The second kappa shape index (κ2) is 14.2. The van der Waals surface area contributed by atoms with Crippen molar-refractivity contribution in [2.45, 2.75) is 37.0 Å². The summed E-state index contributed by atoms with van der Waals surface area (Å²) in [5, 5.41) is 0. The Hall–Kier alpha value is -2.28. The molecule has 3 heterocycles. The van der Waals surface area contributed by atoms with Gasteiger partial charge < -0.3 is 47.4 Å². The molecule has 0 aliphatic carbocycles. The minimum atomic E-state index is -0.651. The molecule has 208 valence electrons. The van der Waals surface area contributed by atoms with Gasteiger partial charge in [0.2, 0.25) is 0 Å². The van der Waals surface area contributed by atoms with Crippen LogP contribution in [0.5, 0.6) is 11.5 Å². The third-order valence-corrected chi connectivity index (χ3v) is 6.48. The lowest BCUT2D eigenvalue weighted by atomic mass is 9.97. The van der Waals surface area contributed by atoms with Crippen molar-refractivity contribution in [1.29, 1.82) is 0 Å². The Balaban J connectivity index is 1.26. The van der Waals surface area contributed by atoms with Crippen molar-refractivity contribution in [3.63, 3.8) is 0 Å². The van der Waals surface area contributed by atoms with Crippen molar-refractivity contribution in [3.8, 4) is 11.5 Å². The first-order valence-electron chi connectivity index (χ1n) is 13.1. The predicted octanol–water partition coefficient (Wildman–Crippen LogP) is 2.75. The van der Waals surface area contributed by atoms with Crippen LogP contribution in [-0.4, -0.2) is 97.3 Å². The van der Waals surface area contributed by atoms with E-state index in [1.54, 1.807) is 7.11 Å². The van der Waals surface area contributed by atoms with Crippen LogP contribution in [0.1, 0.15) is 11.9 Å². The molecule has 0 N–H and O–H groups in total. The molecule has 3 aliphatic heterocycles. The van der Waals surface area contributed by atoms with E-state index in [1.807, 2.05) is 54.6 Å². The quantitative estimate of drug-likeness (QED) is 0.575. The Morgan fingerprint density at radius 1 is 0.605 bits per heavy atom. The van der Waals surface area contributed by atoms with Gasteiger partial charge in [-0.2, -0.15) is 0 Å². The van der Waals surface area contributed by atoms with Gasteiger partial charge in [0.15, 0.2) is 24.1 Å². The number of methoxy groups -OCH3 is 1. The van der Waals surface area contributed by atoms with E-state index in [-0.39, 0.29) is 6.10 Å². The molecule has 2 aromatic rings. The lowest BCUT2D eigenvalue weighted by molar-refractivity contribution is -0.368. The normalized spacial score (nSPS) is 31.7. The highest BCUT2D eigenvalue weighted by Crippen LogP contribution is 2.36. The molecule has 0 aromatic heterocycles. The Kier molecular flexibility index (Phi) is 10.2. The molecule has 5 rings (SSSR count). The van der Waals surface area contributed by atoms with Crippen LogP contribution in [0.25, 0.3) is 0 Å². The van der Waals surface area contributed by atoms with Crippen molar-refractivity contribution in [3.05, 3.63) is 60.2 Å². The zero-order chi connectivity index (χ0) is 26.0. The molecule has 0 radical (unpaired) electrons. The molecule has 10 nitrogen and oxygen atoms in total. The summed E-state index contributed by atoms with van der Waals surface area (Å²) in [7, 11) is 1.59. The number of benzene rings is 2. The van der Waals surface area contributed by atoms with Gasteiger partial charge in [-0.1, -0.05) is 42.5 Å². The van der Waals surface area contributed by atoms with Gasteiger partial charge in [-0.05, 0) is 12.1 Å². The molecule has 0 unspecified atom stereocenters. The van der Waals surface area contributed by atoms with Crippen molar-refractivity contribution < 1.29 is 47.4 Å². The number of fused-ring (bicyclic) bond motifs is 4. The number of rotatable bonds is 2. The van der Waals surface area contributed by atoms with Gasteiger partial charge in [-0.15, -0.1) is 0 Å². The van der Waals surface area contributed by atoms with Gasteiger partial charge in [-0.3, -0.25) is 0 Å². The fourth-order valence-corrected chi connectivity index (χ4v) is 4.68. The zero-order valence-corrected chi connectivity index (χ0v) is 21.6. The predicted molar refractivity (Wildman–Crippen MR) is 134 cm³/mol. The van der Waals surface area contributed by atoms with E-state index in [9.17, 15) is 0 Å². The smallest absolute Gasteiger partial charge is 0.186 e. The van der Waals surface area contributed by atoms with Crippen molar-refractivity contribution in [2.24, 2.45) is 0 Å². The average molecular weight is 533 g/mol. The van der Waals surface area contributed by atoms with E-state index in [0.29, 0.717) is 71.0 Å². The van der Waals surface area contributed by atoms with Crippen molar-refractivity contribution >= 4 is 0 Å². The molecule has 0 spiro atoms. The van der Waals surface area contributed by atoms with Gasteiger partial charge >= 0.3 is 0 Å². The SMILES string of the molecule is CO[C@H]1O[C@@H]2CO[C@H](c3ccccc3)O[C@@H]2[C@@H]2OCCOCCOc3ccccc3OCCOCCO[C@@H]12. The number of ether oxygens (including phenoxy) is 10. The molecule has 0 bridgehead atoms. The first-order valence-corrected chi connectivity index (χ1v) is 13.1. The highest BCUT2D eigenvalue weighted by molar-refractivity contribution is 5.39. The third kappa shape index (κ3) is 7.02. The summed E-state index contributed by atoms with van der Waals surface area (Å²) < 4.78 is 60.0. The third-order valence-electron chi connectivity index (χ3n) is 6.48. The van der Waals surface area contributed by atoms with E-state index >= 15 is 0 Å². The lowest BCUT2D eigenvalue weighted by Gasteiger charge is -2.48. The van der Waals surface area contributed by atoms with E-state index in [1.165, 1.54) is 0 Å². The fraction of sp³-hybridized carbons (Fsp3) is 0.571. The fourth-order valence-electron chi connectivity index (χ4n) is 4.68. The second-order valence-electron chi connectivity index (χ2n) is 8.99. The van der Waals surface area contributed by atoms with Crippen LogP contribution in [0.4, 0.5) is 0 Å². The molecule has 6 atom stereocenters. The van der Waals surface area contributed by atoms with Crippen LogP contribution in [-0.2, 0) is 37.9 Å². The van der Waals surface area contributed by atoms with Crippen LogP contribution in [0, 0.1) is 0 Å². The van der Waals surface area contributed by atoms with Crippen LogP contribution < -0.4 is 9.47 Å². The minimum absolute atomic E-state index is 0.319. The van der Waals surface area contributed by atoms with E-state index in [4.69, 9.17) is 47.4 Å². The average Bonchev–Trinajstić information content (AvgIpc) is 2.96. The Bertz CT molecular complexity index is 960. The van der Waals surface area contributed by atoms with Crippen molar-refractivity contribution in [1.82, 2.24) is 0 Å². The van der Waals surface area contributed by atoms with E-state index in [0.717, 1.165) is 5.56 Å². The molecule has 10 heteroatoms. The molecule has 2 saturated heterocycles. The van der Waals surface area contributed by atoms with Gasteiger partial charge in [0, 0.05) is 12.7 Å². The topological polar surface area (TPSA) is 92.3 Å². The summed E-state index contributed by atoms with van der Waals surface area (Å²) in [6.07, 6.45) is -2.98. The summed E-state index contributed by atoms with van der Waals surface area (Å²) in [5.74, 6) is 1.34. The number of hydrogen-bond acceptors (Lipinski definition) is 10. The van der Waals surface area contributed by atoms with Crippen LogP contribution >= 0.6 is 0 Å². The first kappa shape index (κ1) is 27.3. The highest BCUT2D eigenvalue weighted by Gasteiger charge is 2.51. The van der Waals surface area contributed by atoms with Crippen molar-refractivity contribution in [2.75, 3.05) is 66.6 Å². The van der Waals surface area contributed by atoms with E-state index < -0.39 is 30.9 Å². The maximum atomic E-state index is 6.39. The standard InChI is InChI=1S/C28H36O10/c1-29-28-26-25(24-23(37-28)19-36-27(38-24)20-7-3-2-4-8-20)34-17-13-30-11-15-32-21-9-5-6-10-22(21)33-16-12-31-14-18-35-26/h2-10,23-28H,11-19H2,1H3/t23-,24+,25+,26-,27+,28+/m1/s1. The molecule has 3 aliphatic rings. The van der Waals surface area contributed by atoms with Gasteiger partial charge in [0.05, 0.1) is 46.2 Å². The zero-order valence-electron chi connectivity index (χ0n) is 21.6. The number of hydrogen-bond donors (Lipinski definition) is 0. The molecule has 38 heavy (non-hydrogen) atoms. The summed E-state index contributed by atoms with van der Waals surface area (Å²) in [5.41, 5.74) is 0.929. The Morgan fingerprint density at radius 2 is 1.21 bits per heavy atom. The summed E-state index contributed by atoms with van der Waals surface area (Å²) >= 11 is 0. The van der Waals surface area contributed by atoms with Crippen LogP contribution in [0.2, 0.25) is 0 Å². The highest BCUT2D eigenvalue weighted by atomic mass is 16.8. The summed E-state index contributed by atoms with van der Waals surface area (Å²) in [6, 6.07) is 17.4. The summed E-state index contributed by atoms with van der Waals surface area (Å²) in [6.45, 7) is 3.32. The lowest BCUT2D eigenvalue weighted by Crippen LogP contribution is -2.63. The van der Waals surface area contributed by atoms with Gasteiger partial charge in [-0.25, -0.2) is 0 Å². The molecule has 2 aromatic carbocycles. The van der Waals surface area contributed by atoms with Crippen LogP contribution in [0.15, 0.2) is 54.6 Å². The second-order valence-corrected chi connectivity index (χ2v) is 8.99. The minimum Gasteiger partial charge on any atom is -0.487 e. The molecule has 0 saturated carbocycles. The largest absolute Gasteiger partial charge is 0.487 e. The van der Waals surface area contributed by atoms with Gasteiger partial charge in [0.1, 0.15) is 37.6 Å². The summed E-state index contributed by atoms with van der Waals surface area (Å²) in [4.78, 5) is 0. The maximum absolute atomic E-state index is 6.39. The van der Waals surface area contributed by atoms with Gasteiger partial charge in [0.25, 0.3) is 0 Å². The molecular formula is C28H36O10. The molecule has 2 fully saturated rings. The number of para-hydroxylation sites is 2. The first-order chi connectivity index (χ1) is 18.8. The maximum Gasteiger partial charge on any atom is 0.186 e. The van der Waals surface area contributed by atoms with E-state index in [2.05, 4.69) is 0 Å². The Morgan fingerprint density at radius 3 is 1.87 bits per heavy atom. The molecule has 0 amide bonds. The monoisotopic (exact) mass is 532 g/mol. The molecular weight excluding hydrogens is 496 g/mol. The van der Waals surface area contributed by atoms with Crippen LogP contribution in [0.3, 0.4) is 0 Å².